The molecule has 0 atom stereocenters. The first kappa shape index (κ1) is 12.6. The summed E-state index contributed by atoms with van der Waals surface area (Å²) < 4.78 is 10.9. The summed E-state index contributed by atoms with van der Waals surface area (Å²) in [4.78, 5) is 4.09. The van der Waals surface area contributed by atoms with E-state index < -0.39 is 0 Å². The van der Waals surface area contributed by atoms with Crippen LogP contribution < -0.4 is 10.1 Å². The molecule has 1 N–H and O–H groups in total. The second-order valence-corrected chi connectivity index (χ2v) is 4.06. The van der Waals surface area contributed by atoms with Gasteiger partial charge in [0.1, 0.15) is 11.5 Å². The van der Waals surface area contributed by atoms with Crippen molar-refractivity contribution < 1.29 is 9.15 Å². The minimum Gasteiger partial charge on any atom is -0.478 e. The number of aryl methyl sites for hydroxylation is 1. The molecule has 2 aromatic heterocycles. The Hall–Kier alpha value is -1.81. The summed E-state index contributed by atoms with van der Waals surface area (Å²) in [5, 5.41) is 3.31. The summed E-state index contributed by atoms with van der Waals surface area (Å²) in [7, 11) is 0. The van der Waals surface area contributed by atoms with Gasteiger partial charge < -0.3 is 14.5 Å². The molecule has 0 fully saturated rings. The monoisotopic (exact) mass is 246 g/mol. The number of pyridine rings is 1. The van der Waals surface area contributed by atoms with Crippen LogP contribution in [0, 0.1) is 6.92 Å². The van der Waals surface area contributed by atoms with E-state index in [1.807, 2.05) is 37.3 Å². The van der Waals surface area contributed by atoms with Crippen LogP contribution in [0.25, 0.3) is 0 Å². The fourth-order valence-electron chi connectivity index (χ4n) is 1.60. The summed E-state index contributed by atoms with van der Waals surface area (Å²) in [5.74, 6) is 2.60. The van der Waals surface area contributed by atoms with Gasteiger partial charge in [0.15, 0.2) is 0 Å². The largest absolute Gasteiger partial charge is 0.478 e. The first-order chi connectivity index (χ1) is 8.84. The predicted octanol–water partition coefficient (Wildman–Crippen LogP) is 2.54. The zero-order chi connectivity index (χ0) is 12.6. The van der Waals surface area contributed by atoms with Crippen molar-refractivity contribution in [1.29, 1.82) is 0 Å². The molecular weight excluding hydrogens is 228 g/mol. The number of furan rings is 1. The van der Waals surface area contributed by atoms with E-state index >= 15 is 0 Å². The molecule has 0 unspecified atom stereocenters. The number of hydrogen-bond acceptors (Lipinski definition) is 4. The summed E-state index contributed by atoms with van der Waals surface area (Å²) >= 11 is 0. The quantitative estimate of drug-likeness (QED) is 0.763. The molecule has 2 rings (SSSR count). The van der Waals surface area contributed by atoms with Gasteiger partial charge in [0.25, 0.3) is 0 Å². The number of hydrogen-bond donors (Lipinski definition) is 1. The molecule has 0 spiro atoms. The first-order valence-electron chi connectivity index (χ1n) is 6.14. The molecule has 0 amide bonds. The Bertz CT molecular complexity index is 454. The van der Waals surface area contributed by atoms with E-state index in [1.165, 1.54) is 0 Å². The van der Waals surface area contributed by atoms with Crippen molar-refractivity contribution in [3.63, 3.8) is 0 Å². The van der Waals surface area contributed by atoms with Crippen molar-refractivity contribution in [1.82, 2.24) is 10.3 Å². The summed E-state index contributed by atoms with van der Waals surface area (Å²) in [6.07, 6.45) is 2.67. The van der Waals surface area contributed by atoms with E-state index in [0.717, 1.165) is 31.0 Å². The van der Waals surface area contributed by atoms with Gasteiger partial charge in [-0.25, -0.2) is 4.98 Å². The fraction of sp³-hybridized carbons (Fsp3) is 0.357. The number of ether oxygens (including phenoxy) is 1. The maximum absolute atomic E-state index is 5.49. The highest BCUT2D eigenvalue weighted by molar-refractivity contribution is 5.09. The second-order valence-electron chi connectivity index (χ2n) is 4.06. The Labute approximate surface area is 107 Å². The molecule has 0 aromatic carbocycles. The SMILES string of the molecule is Cc1ccc(CNCCCOc2ccccn2)o1. The Morgan fingerprint density at radius 3 is 2.94 bits per heavy atom. The molecule has 2 aromatic rings. The minimum atomic E-state index is 0.668. The van der Waals surface area contributed by atoms with Crippen LogP contribution in [-0.2, 0) is 6.54 Å². The van der Waals surface area contributed by atoms with Crippen LogP contribution in [0.1, 0.15) is 17.9 Å². The van der Waals surface area contributed by atoms with Gasteiger partial charge in [0, 0.05) is 12.3 Å². The van der Waals surface area contributed by atoms with Gasteiger partial charge in [0.2, 0.25) is 5.88 Å². The summed E-state index contributed by atoms with van der Waals surface area (Å²) in [6.45, 7) is 4.27. The van der Waals surface area contributed by atoms with E-state index in [2.05, 4.69) is 10.3 Å². The van der Waals surface area contributed by atoms with Crippen LogP contribution in [0.5, 0.6) is 5.88 Å². The molecule has 4 heteroatoms. The van der Waals surface area contributed by atoms with Crippen molar-refractivity contribution in [2.24, 2.45) is 0 Å². The third-order valence-corrected chi connectivity index (χ3v) is 2.48. The van der Waals surface area contributed by atoms with E-state index in [1.54, 1.807) is 6.20 Å². The van der Waals surface area contributed by atoms with Gasteiger partial charge in [-0.1, -0.05) is 6.07 Å². The number of nitrogens with one attached hydrogen (secondary N) is 1. The van der Waals surface area contributed by atoms with Crippen molar-refractivity contribution >= 4 is 0 Å². The van der Waals surface area contributed by atoms with Crippen molar-refractivity contribution in [3.05, 3.63) is 48.0 Å². The van der Waals surface area contributed by atoms with E-state index in [0.29, 0.717) is 12.5 Å². The Kier molecular flexibility index (Phi) is 4.78. The van der Waals surface area contributed by atoms with Gasteiger partial charge in [-0.05, 0) is 38.1 Å². The molecule has 0 radical (unpaired) electrons. The van der Waals surface area contributed by atoms with Crippen LogP contribution in [0.4, 0.5) is 0 Å². The summed E-state index contributed by atoms with van der Waals surface area (Å²) in [5.41, 5.74) is 0. The molecule has 18 heavy (non-hydrogen) atoms. The lowest BCUT2D eigenvalue weighted by Crippen LogP contribution is -2.16. The van der Waals surface area contributed by atoms with E-state index in [4.69, 9.17) is 9.15 Å². The normalized spacial score (nSPS) is 10.5. The van der Waals surface area contributed by atoms with Gasteiger partial charge >= 0.3 is 0 Å². The van der Waals surface area contributed by atoms with Crippen LogP contribution in [0.15, 0.2) is 40.9 Å². The average molecular weight is 246 g/mol. The van der Waals surface area contributed by atoms with Crippen LogP contribution in [0.3, 0.4) is 0 Å². The van der Waals surface area contributed by atoms with Crippen molar-refractivity contribution in [2.45, 2.75) is 19.9 Å². The molecule has 96 valence electrons. The second kappa shape index (κ2) is 6.81. The average Bonchev–Trinajstić information content (AvgIpc) is 2.81. The Morgan fingerprint density at radius 2 is 2.22 bits per heavy atom. The highest BCUT2D eigenvalue weighted by Crippen LogP contribution is 2.05. The van der Waals surface area contributed by atoms with Crippen molar-refractivity contribution in [3.8, 4) is 5.88 Å². The Balaban J connectivity index is 1.54. The topological polar surface area (TPSA) is 47.3 Å². The first-order valence-corrected chi connectivity index (χ1v) is 6.14. The van der Waals surface area contributed by atoms with Gasteiger partial charge in [-0.15, -0.1) is 0 Å². The third kappa shape index (κ3) is 4.22. The lowest BCUT2D eigenvalue weighted by Gasteiger charge is -2.05. The van der Waals surface area contributed by atoms with Gasteiger partial charge in [-0.2, -0.15) is 0 Å². The molecule has 4 nitrogen and oxygen atoms in total. The van der Waals surface area contributed by atoms with Crippen LogP contribution >= 0.6 is 0 Å². The molecule has 0 aliphatic carbocycles. The number of rotatable bonds is 7. The molecule has 0 aliphatic heterocycles. The molecule has 0 aliphatic rings. The van der Waals surface area contributed by atoms with Gasteiger partial charge in [-0.3, -0.25) is 0 Å². The predicted molar refractivity (Wildman–Crippen MR) is 69.5 cm³/mol. The highest BCUT2D eigenvalue weighted by Gasteiger charge is 1.97. The molecular formula is C14H18N2O2. The van der Waals surface area contributed by atoms with Crippen LogP contribution in [-0.4, -0.2) is 18.1 Å². The minimum absolute atomic E-state index is 0.668. The van der Waals surface area contributed by atoms with E-state index in [-0.39, 0.29) is 0 Å². The molecule has 0 saturated heterocycles. The molecule has 2 heterocycles. The third-order valence-electron chi connectivity index (χ3n) is 2.48. The summed E-state index contributed by atoms with van der Waals surface area (Å²) in [6, 6.07) is 9.62. The smallest absolute Gasteiger partial charge is 0.213 e. The molecule has 0 saturated carbocycles. The fourth-order valence-corrected chi connectivity index (χ4v) is 1.60. The van der Waals surface area contributed by atoms with Crippen molar-refractivity contribution in [2.75, 3.05) is 13.2 Å². The number of aromatic nitrogens is 1. The zero-order valence-electron chi connectivity index (χ0n) is 10.6. The standard InChI is InChI=1S/C14H18N2O2/c1-12-6-7-13(18-12)11-15-8-4-10-17-14-5-2-3-9-16-14/h2-3,5-7,9,15H,4,8,10-11H2,1H3. The van der Waals surface area contributed by atoms with Crippen LogP contribution in [0.2, 0.25) is 0 Å². The maximum atomic E-state index is 5.49. The zero-order valence-corrected chi connectivity index (χ0v) is 10.6. The highest BCUT2D eigenvalue weighted by atomic mass is 16.5. The van der Waals surface area contributed by atoms with Gasteiger partial charge in [0.05, 0.1) is 13.2 Å². The number of nitrogens with zero attached hydrogens (tertiary/aromatic N) is 1. The lowest BCUT2D eigenvalue weighted by atomic mass is 10.4. The molecule has 0 bridgehead atoms. The maximum Gasteiger partial charge on any atom is 0.213 e. The lowest BCUT2D eigenvalue weighted by molar-refractivity contribution is 0.295. The van der Waals surface area contributed by atoms with E-state index in [9.17, 15) is 0 Å². The Morgan fingerprint density at radius 1 is 1.28 bits per heavy atom.